The number of likely N-dealkylation sites (tertiary alicyclic amines) is 1. The molecule has 33 heavy (non-hydrogen) atoms. The van der Waals surface area contributed by atoms with Gasteiger partial charge in [0, 0.05) is 6.54 Å². The number of phenolic OH excluding ortho intramolecular Hbond substituents is 1. The molecule has 0 atom stereocenters. The van der Waals surface area contributed by atoms with Gasteiger partial charge in [-0.1, -0.05) is 0 Å². The molecule has 2 aromatic carbocycles. The Balaban J connectivity index is 1.53. The third-order valence-electron chi connectivity index (χ3n) is 5.86. The van der Waals surface area contributed by atoms with Crippen LogP contribution in [0.5, 0.6) is 23.0 Å². The van der Waals surface area contributed by atoms with E-state index in [9.17, 15) is 14.7 Å². The minimum atomic E-state index is -0.325. The Hall–Kier alpha value is -3.52. The van der Waals surface area contributed by atoms with Crippen molar-refractivity contribution >= 4 is 16.9 Å². The summed E-state index contributed by atoms with van der Waals surface area (Å²) in [6.45, 7) is 3.95. The molecule has 0 bridgehead atoms. The molecular weight excluding hydrogens is 426 g/mol. The maximum absolute atomic E-state index is 13.0. The molecule has 0 spiro atoms. The van der Waals surface area contributed by atoms with Crippen LogP contribution in [-0.2, 0) is 16.1 Å². The fraction of sp³-hybridized carbons (Fsp3) is 0.360. The van der Waals surface area contributed by atoms with Crippen molar-refractivity contribution in [3.8, 4) is 23.0 Å². The lowest BCUT2D eigenvalue weighted by Gasteiger charge is -2.31. The van der Waals surface area contributed by atoms with Gasteiger partial charge in [0.1, 0.15) is 29.1 Å². The summed E-state index contributed by atoms with van der Waals surface area (Å²) in [4.78, 5) is 27.1. The number of rotatable bonds is 7. The highest BCUT2D eigenvalue weighted by Crippen LogP contribution is 2.31. The van der Waals surface area contributed by atoms with Gasteiger partial charge in [0.25, 0.3) is 0 Å². The number of aromatic hydroxyl groups is 1. The zero-order chi connectivity index (χ0) is 23.4. The number of ether oxygens (including phenoxy) is 3. The fourth-order valence-electron chi connectivity index (χ4n) is 4.03. The highest BCUT2D eigenvalue weighted by molar-refractivity contribution is 5.83. The van der Waals surface area contributed by atoms with Crippen molar-refractivity contribution in [2.45, 2.75) is 26.3 Å². The van der Waals surface area contributed by atoms with Crippen LogP contribution in [0.1, 0.15) is 25.3 Å². The Kier molecular flexibility index (Phi) is 6.84. The molecule has 2 heterocycles. The number of hydrogen-bond donors (Lipinski definition) is 1. The van der Waals surface area contributed by atoms with E-state index in [4.69, 9.17) is 18.6 Å². The molecule has 1 saturated heterocycles. The molecule has 8 heteroatoms. The number of esters is 1. The molecule has 4 rings (SSSR count). The average Bonchev–Trinajstić information content (AvgIpc) is 2.83. The first kappa shape index (κ1) is 22.7. The smallest absolute Gasteiger partial charge is 0.309 e. The minimum absolute atomic E-state index is 0.0551. The first-order chi connectivity index (χ1) is 16.0. The van der Waals surface area contributed by atoms with Crippen LogP contribution >= 0.6 is 0 Å². The number of phenols is 1. The van der Waals surface area contributed by atoms with Crippen LogP contribution in [0.25, 0.3) is 11.0 Å². The lowest BCUT2D eigenvalue weighted by Crippen LogP contribution is -2.36. The Morgan fingerprint density at radius 2 is 1.82 bits per heavy atom. The van der Waals surface area contributed by atoms with Crippen LogP contribution < -0.4 is 14.9 Å². The highest BCUT2D eigenvalue weighted by Gasteiger charge is 2.27. The van der Waals surface area contributed by atoms with E-state index in [1.54, 1.807) is 38.3 Å². The fourth-order valence-corrected chi connectivity index (χ4v) is 4.03. The third-order valence-corrected chi connectivity index (χ3v) is 5.86. The van der Waals surface area contributed by atoms with Crippen molar-refractivity contribution < 1.29 is 28.5 Å². The summed E-state index contributed by atoms with van der Waals surface area (Å²) >= 11 is 0. The Morgan fingerprint density at radius 3 is 2.48 bits per heavy atom. The number of hydrogen-bond acceptors (Lipinski definition) is 8. The molecule has 0 saturated carbocycles. The normalized spacial score (nSPS) is 14.8. The van der Waals surface area contributed by atoms with Crippen LogP contribution in [0, 0.1) is 5.92 Å². The van der Waals surface area contributed by atoms with Gasteiger partial charge < -0.3 is 23.7 Å². The molecule has 0 radical (unpaired) electrons. The number of carbonyl (C=O) groups is 1. The Bertz CT molecular complexity index is 1180. The standard InChI is InChI=1S/C25H27NO7/c1-3-31-25(29)16-10-12-26(13-11-16)14-20-21(27)9-8-19-23(28)22(15-32-24(19)20)33-18-6-4-17(30-2)5-7-18/h4-9,15-16,27H,3,10-14H2,1-2H3. The van der Waals surface area contributed by atoms with E-state index in [1.807, 2.05) is 0 Å². The first-order valence-electron chi connectivity index (χ1n) is 11.0. The second-order valence-corrected chi connectivity index (χ2v) is 7.95. The van der Waals surface area contributed by atoms with Crippen molar-refractivity contribution in [3.05, 3.63) is 58.4 Å². The van der Waals surface area contributed by atoms with Gasteiger partial charge >= 0.3 is 5.97 Å². The molecule has 1 aromatic heterocycles. The van der Waals surface area contributed by atoms with Crippen LogP contribution in [0.15, 0.2) is 51.9 Å². The largest absolute Gasteiger partial charge is 0.507 e. The number of piperidine rings is 1. The van der Waals surface area contributed by atoms with Crippen LogP contribution in [0.3, 0.4) is 0 Å². The maximum Gasteiger partial charge on any atom is 0.309 e. The zero-order valence-corrected chi connectivity index (χ0v) is 18.7. The summed E-state index contributed by atoms with van der Waals surface area (Å²) in [6.07, 6.45) is 2.65. The molecule has 1 fully saturated rings. The van der Waals surface area contributed by atoms with Crippen LogP contribution in [-0.4, -0.2) is 42.8 Å². The lowest BCUT2D eigenvalue weighted by molar-refractivity contribution is -0.149. The van der Waals surface area contributed by atoms with Gasteiger partial charge in [0.2, 0.25) is 11.2 Å². The number of fused-ring (bicyclic) bond motifs is 1. The Morgan fingerprint density at radius 1 is 1.12 bits per heavy atom. The molecule has 1 aliphatic heterocycles. The summed E-state index contributed by atoms with van der Waals surface area (Å²) in [6, 6.07) is 9.90. The number of nitrogens with zero attached hydrogens (tertiary/aromatic N) is 1. The van der Waals surface area contributed by atoms with Crippen LogP contribution in [0.4, 0.5) is 0 Å². The van der Waals surface area contributed by atoms with Crippen molar-refractivity contribution in [2.24, 2.45) is 5.92 Å². The van der Waals surface area contributed by atoms with Gasteiger partial charge in [0.05, 0.1) is 30.6 Å². The van der Waals surface area contributed by atoms with Gasteiger partial charge in [-0.25, -0.2) is 0 Å². The summed E-state index contributed by atoms with van der Waals surface area (Å²) in [5, 5.41) is 10.8. The van der Waals surface area contributed by atoms with Crippen LogP contribution in [0.2, 0.25) is 0 Å². The first-order valence-corrected chi connectivity index (χ1v) is 11.0. The van der Waals surface area contributed by atoms with Crippen molar-refractivity contribution in [2.75, 3.05) is 26.8 Å². The van der Waals surface area contributed by atoms with Gasteiger partial charge in [-0.15, -0.1) is 0 Å². The molecule has 1 aliphatic rings. The highest BCUT2D eigenvalue weighted by atomic mass is 16.5. The van der Waals surface area contributed by atoms with E-state index >= 15 is 0 Å². The lowest BCUT2D eigenvalue weighted by atomic mass is 9.96. The Labute approximate surface area is 191 Å². The third kappa shape index (κ3) is 4.96. The SMILES string of the molecule is CCOC(=O)C1CCN(Cc2c(O)ccc3c(=O)c(Oc4ccc(OC)cc4)coc23)CC1. The van der Waals surface area contributed by atoms with E-state index in [-0.39, 0.29) is 28.8 Å². The monoisotopic (exact) mass is 453 g/mol. The summed E-state index contributed by atoms with van der Waals surface area (Å²) in [7, 11) is 1.57. The van der Waals surface area contributed by atoms with E-state index < -0.39 is 0 Å². The van der Waals surface area contributed by atoms with Gasteiger partial charge in [0.15, 0.2) is 0 Å². The van der Waals surface area contributed by atoms with E-state index in [2.05, 4.69) is 4.90 Å². The number of carbonyl (C=O) groups excluding carboxylic acids is 1. The maximum atomic E-state index is 13.0. The molecular formula is C25H27NO7. The second-order valence-electron chi connectivity index (χ2n) is 7.95. The van der Waals surface area contributed by atoms with Crippen molar-refractivity contribution in [3.63, 3.8) is 0 Å². The van der Waals surface area contributed by atoms with Crippen molar-refractivity contribution in [1.29, 1.82) is 0 Å². The van der Waals surface area contributed by atoms with Gasteiger partial charge in [-0.05, 0) is 69.3 Å². The number of benzene rings is 2. The molecule has 0 aliphatic carbocycles. The van der Waals surface area contributed by atoms with Gasteiger partial charge in [-0.2, -0.15) is 0 Å². The van der Waals surface area contributed by atoms with Crippen molar-refractivity contribution in [1.82, 2.24) is 4.90 Å². The quantitative estimate of drug-likeness (QED) is 0.535. The predicted molar refractivity (Wildman–Crippen MR) is 122 cm³/mol. The van der Waals surface area contributed by atoms with E-state index in [0.29, 0.717) is 67.1 Å². The molecule has 0 unspecified atom stereocenters. The second kappa shape index (κ2) is 9.95. The zero-order valence-electron chi connectivity index (χ0n) is 18.7. The molecule has 0 amide bonds. The summed E-state index contributed by atoms with van der Waals surface area (Å²) < 4.78 is 21.7. The molecule has 1 N–H and O–H groups in total. The number of methoxy groups -OCH3 is 1. The minimum Gasteiger partial charge on any atom is -0.507 e. The van der Waals surface area contributed by atoms with Gasteiger partial charge in [-0.3, -0.25) is 14.5 Å². The average molecular weight is 453 g/mol. The molecule has 3 aromatic rings. The summed E-state index contributed by atoms with van der Waals surface area (Å²) in [5.41, 5.74) is 0.541. The summed E-state index contributed by atoms with van der Waals surface area (Å²) in [5.74, 6) is 1.02. The predicted octanol–water partition coefficient (Wildman–Crippen LogP) is 4.07. The van der Waals surface area contributed by atoms with E-state index in [0.717, 1.165) is 0 Å². The topological polar surface area (TPSA) is 98.4 Å². The van der Waals surface area contributed by atoms with E-state index in [1.165, 1.54) is 18.4 Å². The molecule has 8 nitrogen and oxygen atoms in total. The molecule has 174 valence electrons.